The predicted octanol–water partition coefficient (Wildman–Crippen LogP) is 2.38. The number of nitriles is 1. The number of anilines is 1. The van der Waals surface area contributed by atoms with Crippen LogP contribution in [0, 0.1) is 25.2 Å². The zero-order valence-electron chi connectivity index (χ0n) is 11.4. The van der Waals surface area contributed by atoms with E-state index < -0.39 is 0 Å². The summed E-state index contributed by atoms with van der Waals surface area (Å²) in [6.07, 6.45) is 0.576. The second-order valence-corrected chi connectivity index (χ2v) is 5.27. The summed E-state index contributed by atoms with van der Waals surface area (Å²) < 4.78 is 0. The van der Waals surface area contributed by atoms with Crippen LogP contribution in [-0.2, 0) is 0 Å². The molecule has 18 heavy (non-hydrogen) atoms. The molecule has 1 aliphatic heterocycles. The summed E-state index contributed by atoms with van der Waals surface area (Å²) in [7, 11) is 0. The highest BCUT2D eigenvalue weighted by molar-refractivity contribution is 5.56. The molecule has 1 N–H and O–H groups in total. The van der Waals surface area contributed by atoms with Gasteiger partial charge in [-0.1, -0.05) is 17.7 Å². The van der Waals surface area contributed by atoms with Crippen molar-refractivity contribution in [2.24, 2.45) is 0 Å². The lowest BCUT2D eigenvalue weighted by Crippen LogP contribution is -2.55. The van der Waals surface area contributed by atoms with E-state index in [1.165, 1.54) is 16.8 Å². The highest BCUT2D eigenvalue weighted by atomic mass is 15.2. The van der Waals surface area contributed by atoms with Gasteiger partial charge in [0.15, 0.2) is 0 Å². The minimum atomic E-state index is 0.285. The van der Waals surface area contributed by atoms with Gasteiger partial charge in [-0.05, 0) is 32.4 Å². The second kappa shape index (κ2) is 5.41. The molecule has 1 aliphatic rings. The summed E-state index contributed by atoms with van der Waals surface area (Å²) in [6, 6.07) is 9.61. The van der Waals surface area contributed by atoms with E-state index in [0.29, 0.717) is 12.5 Å². The number of piperazine rings is 1. The summed E-state index contributed by atoms with van der Waals surface area (Å²) in [6.45, 7) is 8.32. The number of nitrogens with one attached hydrogen (secondary N) is 1. The van der Waals surface area contributed by atoms with Gasteiger partial charge in [0.25, 0.3) is 0 Å². The molecule has 0 radical (unpaired) electrons. The van der Waals surface area contributed by atoms with Crippen molar-refractivity contribution < 1.29 is 0 Å². The molecule has 0 amide bonds. The average molecular weight is 243 g/mol. The highest BCUT2D eigenvalue weighted by Gasteiger charge is 2.26. The van der Waals surface area contributed by atoms with Gasteiger partial charge in [-0.15, -0.1) is 0 Å². The third-order valence-corrected chi connectivity index (χ3v) is 3.60. The van der Waals surface area contributed by atoms with E-state index in [9.17, 15) is 0 Å². The fraction of sp³-hybridized carbons (Fsp3) is 0.533. The molecule has 0 aliphatic carbocycles. The Labute approximate surface area is 109 Å². The zero-order valence-corrected chi connectivity index (χ0v) is 11.4. The van der Waals surface area contributed by atoms with Crippen LogP contribution < -0.4 is 10.2 Å². The minimum Gasteiger partial charge on any atom is -0.364 e. The number of hydrogen-bond donors (Lipinski definition) is 1. The fourth-order valence-corrected chi connectivity index (χ4v) is 2.67. The van der Waals surface area contributed by atoms with Crippen molar-refractivity contribution in [3.8, 4) is 6.07 Å². The largest absolute Gasteiger partial charge is 0.364 e. The molecular formula is C15H21N3. The van der Waals surface area contributed by atoms with Crippen LogP contribution >= 0.6 is 0 Å². The van der Waals surface area contributed by atoms with Crippen LogP contribution in [0.3, 0.4) is 0 Å². The lowest BCUT2D eigenvalue weighted by atomic mass is 10.0. The summed E-state index contributed by atoms with van der Waals surface area (Å²) in [5.74, 6) is 0. The quantitative estimate of drug-likeness (QED) is 0.867. The molecule has 1 aromatic carbocycles. The maximum Gasteiger partial charge on any atom is 0.0643 e. The molecule has 1 fully saturated rings. The van der Waals surface area contributed by atoms with Crippen molar-refractivity contribution in [1.29, 1.82) is 5.26 Å². The van der Waals surface area contributed by atoms with Gasteiger partial charge < -0.3 is 10.2 Å². The number of hydrogen-bond acceptors (Lipinski definition) is 3. The Kier molecular flexibility index (Phi) is 3.88. The van der Waals surface area contributed by atoms with Gasteiger partial charge in [0.1, 0.15) is 0 Å². The number of benzene rings is 1. The molecule has 2 rings (SSSR count). The molecule has 0 aromatic heterocycles. The van der Waals surface area contributed by atoms with Crippen molar-refractivity contribution >= 4 is 5.69 Å². The molecule has 0 saturated carbocycles. The zero-order chi connectivity index (χ0) is 13.1. The lowest BCUT2D eigenvalue weighted by Gasteiger charge is -2.40. The summed E-state index contributed by atoms with van der Waals surface area (Å²) in [5, 5.41) is 12.4. The third-order valence-electron chi connectivity index (χ3n) is 3.60. The molecule has 3 nitrogen and oxygen atoms in total. The molecule has 2 unspecified atom stereocenters. The van der Waals surface area contributed by atoms with Crippen molar-refractivity contribution in [2.75, 3.05) is 18.0 Å². The first-order chi connectivity index (χ1) is 8.61. The number of aryl methyl sites for hydroxylation is 2. The van der Waals surface area contributed by atoms with Crippen LogP contribution in [0.4, 0.5) is 5.69 Å². The average Bonchev–Trinajstić information content (AvgIpc) is 2.32. The van der Waals surface area contributed by atoms with Gasteiger partial charge in [0, 0.05) is 24.8 Å². The van der Waals surface area contributed by atoms with Crippen LogP contribution in [0.1, 0.15) is 24.5 Å². The van der Waals surface area contributed by atoms with Crippen LogP contribution in [0.5, 0.6) is 0 Å². The Morgan fingerprint density at radius 2 is 2.22 bits per heavy atom. The first-order valence-electron chi connectivity index (χ1n) is 6.56. The number of nitrogens with zero attached hydrogens (tertiary/aromatic N) is 2. The lowest BCUT2D eigenvalue weighted by molar-refractivity contribution is 0.411. The maximum atomic E-state index is 8.96. The molecule has 3 heteroatoms. The SMILES string of the molecule is Cc1ccc(N2CC(C)NCC2CC#N)c(C)c1. The van der Waals surface area contributed by atoms with E-state index >= 15 is 0 Å². The Morgan fingerprint density at radius 1 is 1.44 bits per heavy atom. The first-order valence-corrected chi connectivity index (χ1v) is 6.56. The Balaban J connectivity index is 2.29. The van der Waals surface area contributed by atoms with Gasteiger partial charge in [-0.2, -0.15) is 5.26 Å². The Bertz CT molecular complexity index is 461. The fourth-order valence-electron chi connectivity index (χ4n) is 2.67. The van der Waals surface area contributed by atoms with E-state index in [0.717, 1.165) is 13.1 Å². The summed E-state index contributed by atoms with van der Waals surface area (Å²) in [5.41, 5.74) is 3.86. The smallest absolute Gasteiger partial charge is 0.0643 e. The van der Waals surface area contributed by atoms with E-state index in [1.807, 2.05) is 0 Å². The van der Waals surface area contributed by atoms with Crippen molar-refractivity contribution in [1.82, 2.24) is 5.32 Å². The monoisotopic (exact) mass is 243 g/mol. The molecule has 0 bridgehead atoms. The molecule has 2 atom stereocenters. The van der Waals surface area contributed by atoms with Crippen molar-refractivity contribution in [3.05, 3.63) is 29.3 Å². The molecule has 0 spiro atoms. The predicted molar refractivity (Wildman–Crippen MR) is 74.7 cm³/mol. The summed E-state index contributed by atoms with van der Waals surface area (Å²) in [4.78, 5) is 2.39. The van der Waals surface area contributed by atoms with Crippen LogP contribution in [-0.4, -0.2) is 25.2 Å². The highest BCUT2D eigenvalue weighted by Crippen LogP contribution is 2.25. The third kappa shape index (κ3) is 2.65. The van der Waals surface area contributed by atoms with Gasteiger partial charge >= 0.3 is 0 Å². The van der Waals surface area contributed by atoms with Gasteiger partial charge in [0.2, 0.25) is 0 Å². The van der Waals surface area contributed by atoms with Crippen LogP contribution in [0.2, 0.25) is 0 Å². The minimum absolute atomic E-state index is 0.285. The second-order valence-electron chi connectivity index (χ2n) is 5.27. The maximum absolute atomic E-state index is 8.96. The van der Waals surface area contributed by atoms with Crippen LogP contribution in [0.25, 0.3) is 0 Å². The van der Waals surface area contributed by atoms with Crippen molar-refractivity contribution in [3.63, 3.8) is 0 Å². The standard InChI is InChI=1S/C15H21N3/c1-11-4-5-15(12(2)8-11)18-10-13(3)17-9-14(18)6-7-16/h4-5,8,13-14,17H,6,9-10H2,1-3H3. The van der Waals surface area contributed by atoms with Gasteiger partial charge in [-0.25, -0.2) is 0 Å². The molecule has 96 valence electrons. The van der Waals surface area contributed by atoms with Gasteiger partial charge in [-0.3, -0.25) is 0 Å². The summed E-state index contributed by atoms with van der Waals surface area (Å²) >= 11 is 0. The van der Waals surface area contributed by atoms with Crippen LogP contribution in [0.15, 0.2) is 18.2 Å². The van der Waals surface area contributed by atoms with E-state index in [2.05, 4.69) is 55.3 Å². The molecule has 1 saturated heterocycles. The normalized spacial score (nSPS) is 23.8. The van der Waals surface area contributed by atoms with E-state index in [1.54, 1.807) is 0 Å². The topological polar surface area (TPSA) is 39.1 Å². The van der Waals surface area contributed by atoms with Crippen molar-refractivity contribution in [2.45, 2.75) is 39.3 Å². The van der Waals surface area contributed by atoms with Gasteiger partial charge in [0.05, 0.1) is 18.5 Å². The van der Waals surface area contributed by atoms with E-state index in [4.69, 9.17) is 5.26 Å². The molecule has 1 heterocycles. The Hall–Kier alpha value is -1.53. The Morgan fingerprint density at radius 3 is 2.89 bits per heavy atom. The van der Waals surface area contributed by atoms with E-state index in [-0.39, 0.29) is 6.04 Å². The first kappa shape index (κ1) is 12.9. The molecule has 1 aromatic rings. The molecular weight excluding hydrogens is 222 g/mol. The number of rotatable bonds is 2.